The Morgan fingerprint density at radius 3 is 2.44 bits per heavy atom. The SMILES string of the molecule is C=C(C)n1c(=O)n(Cc2c(C(=O)OC)cccc2[N+](=O)[O-])c2ccccc21. The predicted molar refractivity (Wildman–Crippen MR) is 101 cm³/mol. The van der Waals surface area contributed by atoms with Crippen LogP contribution in [0.4, 0.5) is 5.69 Å². The molecule has 2 aromatic carbocycles. The van der Waals surface area contributed by atoms with Crippen LogP contribution in [0.15, 0.2) is 53.8 Å². The van der Waals surface area contributed by atoms with Crippen molar-refractivity contribution in [3.05, 3.63) is 80.8 Å². The second-order valence-corrected chi connectivity index (χ2v) is 5.98. The molecule has 27 heavy (non-hydrogen) atoms. The van der Waals surface area contributed by atoms with Crippen molar-refractivity contribution in [2.75, 3.05) is 7.11 Å². The van der Waals surface area contributed by atoms with Gasteiger partial charge in [0.1, 0.15) is 0 Å². The Hall–Kier alpha value is -3.68. The monoisotopic (exact) mass is 367 g/mol. The van der Waals surface area contributed by atoms with Crippen LogP contribution in [-0.4, -0.2) is 27.1 Å². The Morgan fingerprint density at radius 2 is 1.85 bits per heavy atom. The van der Waals surface area contributed by atoms with Crippen LogP contribution >= 0.6 is 0 Å². The quantitative estimate of drug-likeness (QED) is 0.392. The highest BCUT2D eigenvalue weighted by atomic mass is 16.6. The Morgan fingerprint density at radius 1 is 1.19 bits per heavy atom. The Kier molecular flexibility index (Phi) is 4.64. The van der Waals surface area contributed by atoms with Crippen molar-refractivity contribution in [3.63, 3.8) is 0 Å². The van der Waals surface area contributed by atoms with Crippen molar-refractivity contribution < 1.29 is 14.5 Å². The highest BCUT2D eigenvalue weighted by molar-refractivity contribution is 5.92. The normalized spacial score (nSPS) is 10.7. The number of aromatic nitrogens is 2. The Bertz CT molecular complexity index is 1140. The van der Waals surface area contributed by atoms with Gasteiger partial charge in [-0.15, -0.1) is 0 Å². The number of methoxy groups -OCH3 is 1. The summed E-state index contributed by atoms with van der Waals surface area (Å²) in [5.74, 6) is -0.703. The molecule has 0 aliphatic rings. The van der Waals surface area contributed by atoms with Gasteiger partial charge in [0, 0.05) is 11.8 Å². The van der Waals surface area contributed by atoms with Crippen molar-refractivity contribution in [1.29, 1.82) is 0 Å². The summed E-state index contributed by atoms with van der Waals surface area (Å²) >= 11 is 0. The van der Waals surface area contributed by atoms with Crippen LogP contribution in [-0.2, 0) is 11.3 Å². The summed E-state index contributed by atoms with van der Waals surface area (Å²) in [5.41, 5.74) is 1.25. The van der Waals surface area contributed by atoms with E-state index in [0.29, 0.717) is 16.7 Å². The fourth-order valence-electron chi connectivity index (χ4n) is 3.10. The van der Waals surface area contributed by atoms with E-state index in [-0.39, 0.29) is 23.4 Å². The van der Waals surface area contributed by atoms with Crippen molar-refractivity contribution in [1.82, 2.24) is 9.13 Å². The minimum absolute atomic E-state index is 0.0470. The number of hydrogen-bond acceptors (Lipinski definition) is 5. The van der Waals surface area contributed by atoms with Crippen LogP contribution < -0.4 is 5.69 Å². The number of carbonyl (C=O) groups excluding carboxylic acids is 1. The maximum atomic E-state index is 12.9. The number of nitro groups is 1. The first-order valence-electron chi connectivity index (χ1n) is 8.07. The van der Waals surface area contributed by atoms with E-state index in [9.17, 15) is 19.7 Å². The van der Waals surface area contributed by atoms with Crippen LogP contribution in [0.3, 0.4) is 0 Å². The first kappa shape index (κ1) is 18.1. The summed E-state index contributed by atoms with van der Waals surface area (Å²) in [6, 6.07) is 11.2. The predicted octanol–water partition coefficient (Wildman–Crippen LogP) is 3.04. The third kappa shape index (κ3) is 3.01. The zero-order valence-electron chi connectivity index (χ0n) is 14.8. The van der Waals surface area contributed by atoms with E-state index in [1.807, 2.05) is 0 Å². The van der Waals surface area contributed by atoms with Crippen molar-refractivity contribution in [2.45, 2.75) is 13.5 Å². The summed E-state index contributed by atoms with van der Waals surface area (Å²) in [6.45, 7) is 5.37. The first-order valence-corrected chi connectivity index (χ1v) is 8.07. The molecule has 0 aliphatic heterocycles. The van der Waals surface area contributed by atoms with Gasteiger partial charge in [-0.25, -0.2) is 9.59 Å². The molecular weight excluding hydrogens is 350 g/mol. The number of benzene rings is 2. The number of fused-ring (bicyclic) bond motifs is 1. The van der Waals surface area contributed by atoms with Gasteiger partial charge in [0.05, 0.1) is 40.7 Å². The maximum absolute atomic E-state index is 12.9. The van der Waals surface area contributed by atoms with E-state index in [1.165, 1.54) is 34.4 Å². The molecule has 0 saturated carbocycles. The van der Waals surface area contributed by atoms with Gasteiger partial charge in [-0.1, -0.05) is 24.8 Å². The molecule has 1 aromatic heterocycles. The topological polar surface area (TPSA) is 96.4 Å². The van der Waals surface area contributed by atoms with Gasteiger partial charge in [0.15, 0.2) is 0 Å². The molecule has 138 valence electrons. The lowest BCUT2D eigenvalue weighted by molar-refractivity contribution is -0.385. The minimum atomic E-state index is -0.703. The smallest absolute Gasteiger partial charge is 0.338 e. The Labute approximate surface area is 154 Å². The molecule has 3 rings (SSSR count). The van der Waals surface area contributed by atoms with Crippen molar-refractivity contribution in [2.24, 2.45) is 0 Å². The zero-order valence-corrected chi connectivity index (χ0v) is 14.8. The fourth-order valence-corrected chi connectivity index (χ4v) is 3.10. The van der Waals surface area contributed by atoms with Crippen LogP contribution in [0.25, 0.3) is 16.7 Å². The molecule has 0 spiro atoms. The fraction of sp³-hybridized carbons (Fsp3) is 0.158. The van der Waals surface area contributed by atoms with Crippen molar-refractivity contribution in [3.8, 4) is 0 Å². The lowest BCUT2D eigenvalue weighted by Gasteiger charge is -2.09. The van der Waals surface area contributed by atoms with E-state index in [0.717, 1.165) is 0 Å². The molecule has 0 N–H and O–H groups in total. The largest absolute Gasteiger partial charge is 0.465 e. The van der Waals surface area contributed by atoms with E-state index in [2.05, 4.69) is 6.58 Å². The molecule has 0 aliphatic carbocycles. The standard InChI is InChI=1S/C19H17N3O5/c1-12(2)21-17-9-5-4-8-16(17)20(19(21)24)11-14-13(18(23)27-3)7-6-10-15(14)22(25)26/h4-10H,1,11H2,2-3H3. The molecule has 0 amide bonds. The van der Waals surface area contributed by atoms with E-state index >= 15 is 0 Å². The van der Waals surface area contributed by atoms with E-state index in [1.54, 1.807) is 31.2 Å². The number of hydrogen-bond donors (Lipinski definition) is 0. The number of nitrogens with zero attached hydrogens (tertiary/aromatic N) is 3. The number of para-hydroxylation sites is 2. The molecule has 0 unspecified atom stereocenters. The van der Waals surface area contributed by atoms with E-state index in [4.69, 9.17) is 4.74 Å². The second-order valence-electron chi connectivity index (χ2n) is 5.98. The summed E-state index contributed by atoms with van der Waals surface area (Å²) in [5, 5.41) is 11.5. The number of nitro benzene ring substituents is 1. The molecule has 0 fully saturated rings. The first-order chi connectivity index (χ1) is 12.9. The number of carbonyl (C=O) groups is 1. The van der Waals surface area contributed by atoms with Gasteiger partial charge in [0.25, 0.3) is 5.69 Å². The van der Waals surface area contributed by atoms with Gasteiger partial charge >= 0.3 is 11.7 Å². The summed E-state index contributed by atoms with van der Waals surface area (Å²) in [4.78, 5) is 36.0. The number of allylic oxidation sites excluding steroid dienone is 1. The summed E-state index contributed by atoms with van der Waals surface area (Å²) in [6.07, 6.45) is 0. The molecule has 1 heterocycles. The molecular formula is C19H17N3O5. The van der Waals surface area contributed by atoms with Crippen LogP contribution in [0, 0.1) is 10.1 Å². The van der Waals surface area contributed by atoms with Crippen LogP contribution in [0.1, 0.15) is 22.8 Å². The molecule has 0 radical (unpaired) electrons. The van der Waals surface area contributed by atoms with Gasteiger partial charge in [-0.3, -0.25) is 19.2 Å². The van der Waals surface area contributed by atoms with Gasteiger partial charge in [-0.2, -0.15) is 0 Å². The molecule has 8 nitrogen and oxygen atoms in total. The third-order valence-electron chi connectivity index (χ3n) is 4.29. The molecule has 3 aromatic rings. The lowest BCUT2D eigenvalue weighted by atomic mass is 10.1. The van der Waals surface area contributed by atoms with Crippen LogP contribution in [0.2, 0.25) is 0 Å². The maximum Gasteiger partial charge on any atom is 0.338 e. The summed E-state index contributed by atoms with van der Waals surface area (Å²) in [7, 11) is 1.20. The zero-order chi connectivity index (χ0) is 19.7. The van der Waals surface area contributed by atoms with E-state index < -0.39 is 16.6 Å². The minimum Gasteiger partial charge on any atom is -0.465 e. The van der Waals surface area contributed by atoms with Gasteiger partial charge in [0.2, 0.25) is 0 Å². The second kappa shape index (κ2) is 6.91. The molecule has 0 atom stereocenters. The number of imidazole rings is 1. The number of esters is 1. The average Bonchev–Trinajstić information content (AvgIpc) is 2.93. The third-order valence-corrected chi connectivity index (χ3v) is 4.29. The average molecular weight is 367 g/mol. The van der Waals surface area contributed by atoms with Crippen LogP contribution in [0.5, 0.6) is 0 Å². The van der Waals surface area contributed by atoms with Gasteiger partial charge in [-0.05, 0) is 25.1 Å². The molecule has 8 heteroatoms. The molecule has 0 bridgehead atoms. The molecule has 0 saturated heterocycles. The van der Waals surface area contributed by atoms with Crippen molar-refractivity contribution >= 4 is 28.4 Å². The lowest BCUT2D eigenvalue weighted by Crippen LogP contribution is -2.24. The number of rotatable bonds is 5. The highest BCUT2D eigenvalue weighted by Gasteiger charge is 2.24. The Balaban J connectivity index is 2.30. The van der Waals surface area contributed by atoms with Gasteiger partial charge < -0.3 is 4.74 Å². The number of ether oxygens (including phenoxy) is 1. The highest BCUT2D eigenvalue weighted by Crippen LogP contribution is 2.26. The summed E-state index contributed by atoms with van der Waals surface area (Å²) < 4.78 is 7.56.